The van der Waals surface area contributed by atoms with E-state index < -0.39 is 11.9 Å². The van der Waals surface area contributed by atoms with Gasteiger partial charge in [-0.2, -0.15) is 0 Å². The van der Waals surface area contributed by atoms with Crippen molar-refractivity contribution in [3.8, 4) is 0 Å². The van der Waals surface area contributed by atoms with Crippen LogP contribution in [0.15, 0.2) is 22.7 Å². The predicted octanol–water partition coefficient (Wildman–Crippen LogP) is 1.99. The van der Waals surface area contributed by atoms with Crippen LogP contribution in [0, 0.1) is 0 Å². The molecule has 2 N–H and O–H groups in total. The maximum Gasteiger partial charge on any atom is 0.240 e. The first-order chi connectivity index (χ1) is 8.54. The van der Waals surface area contributed by atoms with Gasteiger partial charge in [0.05, 0.1) is 0 Å². The van der Waals surface area contributed by atoms with Gasteiger partial charge in [-0.15, -0.1) is 0 Å². The number of carbonyl (C=O) groups is 2. The smallest absolute Gasteiger partial charge is 0.240 e. The molecule has 0 saturated heterocycles. The lowest BCUT2D eigenvalue weighted by atomic mass is 9.98. The second-order valence-corrected chi connectivity index (χ2v) is 5.28. The molecule has 0 fully saturated rings. The van der Waals surface area contributed by atoms with E-state index in [2.05, 4.69) is 15.9 Å². The Morgan fingerprint density at radius 1 is 1.50 bits per heavy atom. The first-order valence-corrected chi connectivity index (χ1v) is 6.73. The molecular weight excluding hydrogens is 296 g/mol. The Kier molecular flexibility index (Phi) is 3.71. The molecule has 2 rings (SSSR count). The summed E-state index contributed by atoms with van der Waals surface area (Å²) in [6.45, 7) is 1.86. The van der Waals surface area contributed by atoms with Crippen LogP contribution in [-0.2, 0) is 16.0 Å². The number of amides is 2. The number of anilines is 1. The third kappa shape index (κ3) is 2.27. The molecule has 1 heterocycles. The van der Waals surface area contributed by atoms with Gasteiger partial charge in [-0.1, -0.05) is 22.9 Å². The lowest BCUT2D eigenvalue weighted by molar-refractivity contribution is -0.124. The Morgan fingerprint density at radius 2 is 2.22 bits per heavy atom. The van der Waals surface area contributed by atoms with Gasteiger partial charge in [0.15, 0.2) is 0 Å². The number of benzene rings is 1. The number of hydrogen-bond acceptors (Lipinski definition) is 2. The second kappa shape index (κ2) is 5.10. The van der Waals surface area contributed by atoms with Crippen molar-refractivity contribution < 1.29 is 9.59 Å². The van der Waals surface area contributed by atoms with Crippen LogP contribution in [0.1, 0.15) is 25.3 Å². The number of primary amides is 1. The highest BCUT2D eigenvalue weighted by Gasteiger charge is 2.32. The zero-order valence-corrected chi connectivity index (χ0v) is 11.7. The largest absolute Gasteiger partial charge is 0.368 e. The summed E-state index contributed by atoms with van der Waals surface area (Å²) in [5.41, 5.74) is 7.26. The van der Waals surface area contributed by atoms with E-state index in [-0.39, 0.29) is 5.91 Å². The maximum absolute atomic E-state index is 12.1. The number of carbonyl (C=O) groups excluding carboxylic acids is 2. The third-order valence-corrected chi connectivity index (χ3v) is 3.70. The van der Waals surface area contributed by atoms with Crippen LogP contribution in [0.3, 0.4) is 0 Å². The van der Waals surface area contributed by atoms with Gasteiger partial charge >= 0.3 is 0 Å². The van der Waals surface area contributed by atoms with Crippen molar-refractivity contribution in [3.05, 3.63) is 28.2 Å². The van der Waals surface area contributed by atoms with Crippen LogP contribution in [0.2, 0.25) is 0 Å². The first-order valence-electron chi connectivity index (χ1n) is 5.94. The summed E-state index contributed by atoms with van der Waals surface area (Å²) in [4.78, 5) is 25.1. The van der Waals surface area contributed by atoms with E-state index in [9.17, 15) is 9.59 Å². The van der Waals surface area contributed by atoms with E-state index in [0.29, 0.717) is 19.3 Å². The Labute approximate surface area is 114 Å². The van der Waals surface area contributed by atoms with E-state index >= 15 is 0 Å². The van der Waals surface area contributed by atoms with E-state index in [1.54, 1.807) is 4.90 Å². The molecule has 0 aromatic heterocycles. The second-order valence-electron chi connectivity index (χ2n) is 4.36. The highest BCUT2D eigenvalue weighted by Crippen LogP contribution is 2.32. The molecule has 18 heavy (non-hydrogen) atoms. The lowest BCUT2D eigenvalue weighted by Gasteiger charge is -2.34. The van der Waals surface area contributed by atoms with E-state index in [1.165, 1.54) is 0 Å². The Hall–Kier alpha value is -1.36. The predicted molar refractivity (Wildman–Crippen MR) is 73.2 cm³/mol. The molecule has 0 aliphatic carbocycles. The molecule has 5 heteroatoms. The zero-order chi connectivity index (χ0) is 13.3. The normalized spacial score (nSPS) is 16.3. The minimum atomic E-state index is -0.558. The van der Waals surface area contributed by atoms with Crippen LogP contribution in [-0.4, -0.2) is 17.9 Å². The van der Waals surface area contributed by atoms with Crippen molar-refractivity contribution in [2.24, 2.45) is 5.73 Å². The monoisotopic (exact) mass is 310 g/mol. The van der Waals surface area contributed by atoms with Gasteiger partial charge < -0.3 is 5.73 Å². The number of halogens is 1. The minimum absolute atomic E-state index is 0.0320. The summed E-state index contributed by atoms with van der Waals surface area (Å²) in [5.74, 6) is -0.489. The molecule has 1 aromatic rings. The highest BCUT2D eigenvalue weighted by atomic mass is 79.9. The van der Waals surface area contributed by atoms with Crippen LogP contribution < -0.4 is 10.6 Å². The van der Waals surface area contributed by atoms with Gasteiger partial charge in [0.2, 0.25) is 11.8 Å². The van der Waals surface area contributed by atoms with E-state index in [4.69, 9.17) is 5.73 Å². The molecular formula is C13H15BrN2O2. The molecule has 1 aromatic carbocycles. The zero-order valence-electron chi connectivity index (χ0n) is 10.1. The summed E-state index contributed by atoms with van der Waals surface area (Å²) < 4.78 is 0.975. The molecule has 1 unspecified atom stereocenters. The summed E-state index contributed by atoms with van der Waals surface area (Å²) in [6.07, 6.45) is 1.66. The maximum atomic E-state index is 12.1. The SMILES string of the molecule is CCC(C(N)=O)N1C(=O)CCc2cc(Br)ccc21. The molecule has 1 aliphatic rings. The first kappa shape index (κ1) is 13.1. The Bertz CT molecular complexity index is 502. The number of nitrogens with two attached hydrogens (primary N) is 1. The molecule has 1 atom stereocenters. The molecule has 4 nitrogen and oxygen atoms in total. The molecule has 1 aliphatic heterocycles. The standard InChI is InChI=1S/C13H15BrN2O2/c1-2-10(13(15)18)16-11-5-4-9(14)7-8(11)3-6-12(16)17/h4-5,7,10H,2-3,6H2,1H3,(H2,15,18). The molecule has 0 bridgehead atoms. The number of aryl methyl sites for hydroxylation is 1. The summed E-state index contributed by atoms with van der Waals surface area (Å²) in [7, 11) is 0. The fourth-order valence-corrected chi connectivity index (χ4v) is 2.75. The van der Waals surface area contributed by atoms with Gasteiger partial charge in [-0.05, 0) is 36.6 Å². The van der Waals surface area contributed by atoms with Crippen molar-refractivity contribution in [2.45, 2.75) is 32.2 Å². The van der Waals surface area contributed by atoms with Crippen LogP contribution >= 0.6 is 15.9 Å². The van der Waals surface area contributed by atoms with Crippen molar-refractivity contribution in [2.75, 3.05) is 4.90 Å². The third-order valence-electron chi connectivity index (χ3n) is 3.20. The van der Waals surface area contributed by atoms with E-state index in [1.807, 2.05) is 25.1 Å². The number of hydrogen-bond donors (Lipinski definition) is 1. The number of rotatable bonds is 3. The van der Waals surface area contributed by atoms with Gasteiger partial charge in [-0.25, -0.2) is 0 Å². The average molecular weight is 311 g/mol. The van der Waals surface area contributed by atoms with E-state index in [0.717, 1.165) is 15.7 Å². The molecule has 0 saturated carbocycles. The molecule has 0 radical (unpaired) electrons. The number of fused-ring (bicyclic) bond motifs is 1. The van der Waals surface area contributed by atoms with Gasteiger partial charge in [0, 0.05) is 16.6 Å². The van der Waals surface area contributed by atoms with Crippen molar-refractivity contribution in [1.82, 2.24) is 0 Å². The Balaban J connectivity index is 2.47. The summed E-state index contributed by atoms with van der Waals surface area (Å²) in [6, 6.07) is 5.17. The van der Waals surface area contributed by atoms with Crippen molar-refractivity contribution >= 4 is 33.4 Å². The van der Waals surface area contributed by atoms with Gasteiger partial charge in [0.25, 0.3) is 0 Å². The lowest BCUT2D eigenvalue weighted by Crippen LogP contribution is -2.49. The average Bonchev–Trinajstić information content (AvgIpc) is 2.32. The Morgan fingerprint density at radius 3 is 2.83 bits per heavy atom. The fraction of sp³-hybridized carbons (Fsp3) is 0.385. The minimum Gasteiger partial charge on any atom is -0.368 e. The van der Waals surface area contributed by atoms with Crippen LogP contribution in [0.4, 0.5) is 5.69 Å². The topological polar surface area (TPSA) is 63.4 Å². The van der Waals surface area contributed by atoms with Crippen LogP contribution in [0.5, 0.6) is 0 Å². The summed E-state index contributed by atoms with van der Waals surface area (Å²) >= 11 is 3.41. The fourth-order valence-electron chi connectivity index (χ4n) is 2.34. The van der Waals surface area contributed by atoms with Crippen molar-refractivity contribution in [1.29, 1.82) is 0 Å². The van der Waals surface area contributed by atoms with Crippen LogP contribution in [0.25, 0.3) is 0 Å². The summed E-state index contributed by atoms with van der Waals surface area (Å²) in [5, 5.41) is 0. The number of nitrogens with zero attached hydrogens (tertiary/aromatic N) is 1. The molecule has 96 valence electrons. The highest BCUT2D eigenvalue weighted by molar-refractivity contribution is 9.10. The van der Waals surface area contributed by atoms with Crippen molar-refractivity contribution in [3.63, 3.8) is 0 Å². The molecule has 2 amide bonds. The van der Waals surface area contributed by atoms with Gasteiger partial charge in [-0.3, -0.25) is 14.5 Å². The quantitative estimate of drug-likeness (QED) is 0.928. The van der Waals surface area contributed by atoms with Gasteiger partial charge in [0.1, 0.15) is 6.04 Å². The molecule has 0 spiro atoms.